The molecule has 0 saturated carbocycles. The van der Waals surface area contributed by atoms with Crippen molar-refractivity contribution in [2.45, 2.75) is 44.9 Å². The Kier molecular flexibility index (Phi) is 6.52. The highest BCUT2D eigenvalue weighted by Gasteiger charge is 2.69. The number of allylic oxidation sites excluding steroid dienone is 1. The Hall–Kier alpha value is -3.42. The molecule has 1 heterocycles. The molecule has 1 atom stereocenters. The molecule has 1 aliphatic rings. The van der Waals surface area contributed by atoms with E-state index in [2.05, 4.69) is 0 Å². The number of benzene rings is 2. The molecule has 3 rings (SSSR count). The lowest BCUT2D eigenvalue weighted by molar-refractivity contribution is -0.194. The zero-order valence-corrected chi connectivity index (χ0v) is 17.7. The van der Waals surface area contributed by atoms with Crippen LogP contribution in [0.1, 0.15) is 31.4 Å². The summed E-state index contributed by atoms with van der Waals surface area (Å²) in [5, 5.41) is 1.90. The minimum Gasteiger partial charge on any atom is -0.330 e. The second-order valence-corrected chi connectivity index (χ2v) is 7.68. The first-order valence-corrected chi connectivity index (χ1v) is 10.1. The number of ketones is 1. The number of Topliss-reactive ketones (excluding diaryl/α,β-unsaturated/α-hetero) is 1. The Morgan fingerprint density at radius 1 is 0.969 bits per heavy atom. The average Bonchev–Trinajstić information content (AvgIpc) is 2.95. The van der Waals surface area contributed by atoms with Gasteiger partial charge in [0.2, 0.25) is 11.4 Å². The Labute approximate surface area is 183 Å². The molecule has 2 aromatic rings. The van der Waals surface area contributed by atoms with E-state index < -0.39 is 34.9 Å². The van der Waals surface area contributed by atoms with Gasteiger partial charge in [0, 0.05) is 12.1 Å². The van der Waals surface area contributed by atoms with Gasteiger partial charge in [-0.3, -0.25) is 14.4 Å². The van der Waals surface area contributed by atoms with E-state index in [1.54, 1.807) is 60.7 Å². The third-order valence-corrected chi connectivity index (χ3v) is 5.48. The van der Waals surface area contributed by atoms with Gasteiger partial charge in [-0.05, 0) is 31.4 Å². The van der Waals surface area contributed by atoms with E-state index in [9.17, 15) is 27.6 Å². The second kappa shape index (κ2) is 8.98. The summed E-state index contributed by atoms with van der Waals surface area (Å²) in [6, 6.07) is 17.3. The first kappa shape index (κ1) is 23.2. The van der Waals surface area contributed by atoms with Gasteiger partial charge in [-0.1, -0.05) is 60.7 Å². The van der Waals surface area contributed by atoms with Gasteiger partial charge in [-0.15, -0.1) is 0 Å². The monoisotopic (exact) mass is 444 g/mol. The van der Waals surface area contributed by atoms with Crippen molar-refractivity contribution in [3.63, 3.8) is 0 Å². The zero-order chi connectivity index (χ0) is 23.5. The second-order valence-electron chi connectivity index (χ2n) is 7.68. The number of alkyl halides is 3. The largest absolute Gasteiger partial charge is 0.425 e. The molecule has 0 radical (unpaired) electrons. The highest BCUT2D eigenvalue weighted by molar-refractivity contribution is 6.11. The molecule has 0 aromatic heterocycles. The predicted molar refractivity (Wildman–Crippen MR) is 112 cm³/mol. The third-order valence-electron chi connectivity index (χ3n) is 5.48. The number of amides is 2. The summed E-state index contributed by atoms with van der Waals surface area (Å²) in [6.45, 7) is 2.11. The minimum absolute atomic E-state index is 0.118. The normalized spacial score (nSPS) is 18.8. The lowest BCUT2D eigenvalue weighted by atomic mass is 9.86. The van der Waals surface area contributed by atoms with E-state index in [0.29, 0.717) is 5.56 Å². The van der Waals surface area contributed by atoms with Crippen LogP contribution in [0.5, 0.6) is 0 Å². The average molecular weight is 444 g/mol. The van der Waals surface area contributed by atoms with Crippen LogP contribution in [0.3, 0.4) is 0 Å². The Morgan fingerprint density at radius 2 is 1.50 bits per heavy atom. The van der Waals surface area contributed by atoms with Crippen molar-refractivity contribution < 1.29 is 27.6 Å². The topological polar surface area (TPSA) is 66.5 Å². The number of hydrogen-bond donors (Lipinski definition) is 1. The Bertz CT molecular complexity index is 1050. The van der Waals surface area contributed by atoms with Crippen molar-refractivity contribution in [1.29, 1.82) is 0 Å². The molecule has 168 valence electrons. The van der Waals surface area contributed by atoms with Gasteiger partial charge in [0.05, 0.1) is 12.1 Å². The molecule has 2 amide bonds. The molecular formula is C24H23F3N2O3. The van der Waals surface area contributed by atoms with E-state index in [1.165, 1.54) is 6.92 Å². The standard InChI is InChI=1S/C24H23F3N2O3/c1-16-21(17(2)30)23(24(25,26)27,22(32)29(16)15-19-11-7-4-8-12-19)28-20(31)14-13-18-9-5-3-6-10-18/h3-12H,13-15H2,1-2H3,(H,28,31). The van der Waals surface area contributed by atoms with Gasteiger partial charge in [-0.2, -0.15) is 13.2 Å². The van der Waals surface area contributed by atoms with Crippen LogP contribution in [-0.2, 0) is 27.3 Å². The van der Waals surface area contributed by atoms with Crippen LogP contribution in [0.15, 0.2) is 71.9 Å². The lowest BCUT2D eigenvalue weighted by Crippen LogP contribution is -2.66. The third kappa shape index (κ3) is 4.30. The van der Waals surface area contributed by atoms with E-state index in [4.69, 9.17) is 0 Å². The number of halogens is 3. The summed E-state index contributed by atoms with van der Waals surface area (Å²) in [7, 11) is 0. The number of carbonyl (C=O) groups is 3. The van der Waals surface area contributed by atoms with Crippen LogP contribution in [0.2, 0.25) is 0 Å². The van der Waals surface area contributed by atoms with Crippen LogP contribution < -0.4 is 5.32 Å². The molecule has 8 heteroatoms. The molecule has 2 aromatic carbocycles. The van der Waals surface area contributed by atoms with Crippen molar-refractivity contribution in [3.8, 4) is 0 Å². The maximum Gasteiger partial charge on any atom is 0.425 e. The summed E-state index contributed by atoms with van der Waals surface area (Å²) in [4.78, 5) is 39.1. The SMILES string of the molecule is CC(=O)C1=C(C)N(Cc2ccccc2)C(=O)C1(NC(=O)CCc1ccccc1)C(F)(F)F. The van der Waals surface area contributed by atoms with E-state index >= 15 is 0 Å². The highest BCUT2D eigenvalue weighted by Crippen LogP contribution is 2.45. The van der Waals surface area contributed by atoms with Crippen molar-refractivity contribution in [3.05, 3.63) is 83.1 Å². The molecule has 5 nitrogen and oxygen atoms in total. The van der Waals surface area contributed by atoms with Gasteiger partial charge in [-0.25, -0.2) is 0 Å². The van der Waals surface area contributed by atoms with Crippen LogP contribution >= 0.6 is 0 Å². The molecule has 1 unspecified atom stereocenters. The maximum absolute atomic E-state index is 14.4. The molecule has 32 heavy (non-hydrogen) atoms. The van der Waals surface area contributed by atoms with Crippen LogP contribution in [-0.4, -0.2) is 34.2 Å². The van der Waals surface area contributed by atoms with Gasteiger partial charge in [0.1, 0.15) is 0 Å². The molecule has 0 saturated heterocycles. The number of nitrogens with one attached hydrogen (secondary N) is 1. The smallest absolute Gasteiger partial charge is 0.330 e. The van der Waals surface area contributed by atoms with E-state index in [0.717, 1.165) is 17.4 Å². The molecule has 1 N–H and O–H groups in total. The summed E-state index contributed by atoms with van der Waals surface area (Å²) < 4.78 is 43.3. The number of rotatable bonds is 7. The summed E-state index contributed by atoms with van der Waals surface area (Å²) in [6.07, 6.45) is -5.28. The molecule has 0 fully saturated rings. The number of nitrogens with zero attached hydrogens (tertiary/aromatic N) is 1. The molecule has 0 spiro atoms. The fraction of sp³-hybridized carbons (Fsp3) is 0.292. The summed E-state index contributed by atoms with van der Waals surface area (Å²) in [5.41, 5.74) is -2.92. The fourth-order valence-electron chi connectivity index (χ4n) is 3.97. The first-order chi connectivity index (χ1) is 15.1. The van der Waals surface area contributed by atoms with E-state index in [-0.39, 0.29) is 25.1 Å². The number of aryl methyl sites for hydroxylation is 1. The van der Waals surface area contributed by atoms with E-state index in [1.807, 2.05) is 5.32 Å². The minimum atomic E-state index is -5.21. The van der Waals surface area contributed by atoms with Gasteiger partial charge in [0.25, 0.3) is 5.91 Å². The van der Waals surface area contributed by atoms with Crippen molar-refractivity contribution in [1.82, 2.24) is 10.2 Å². The van der Waals surface area contributed by atoms with Gasteiger partial charge >= 0.3 is 6.18 Å². The quantitative estimate of drug-likeness (QED) is 0.704. The van der Waals surface area contributed by atoms with Gasteiger partial charge < -0.3 is 10.2 Å². The number of carbonyl (C=O) groups excluding carboxylic acids is 3. The highest BCUT2D eigenvalue weighted by atomic mass is 19.4. The number of hydrogen-bond acceptors (Lipinski definition) is 3. The molecule has 0 aliphatic carbocycles. The predicted octanol–water partition coefficient (Wildman–Crippen LogP) is 3.94. The maximum atomic E-state index is 14.4. The molecule has 1 aliphatic heterocycles. The Balaban J connectivity index is 1.96. The summed E-state index contributed by atoms with van der Waals surface area (Å²) in [5.74, 6) is -3.27. The van der Waals surface area contributed by atoms with Crippen LogP contribution in [0.25, 0.3) is 0 Å². The lowest BCUT2D eigenvalue weighted by Gasteiger charge is -2.33. The van der Waals surface area contributed by atoms with Crippen LogP contribution in [0, 0.1) is 0 Å². The summed E-state index contributed by atoms with van der Waals surface area (Å²) >= 11 is 0. The molecular weight excluding hydrogens is 421 g/mol. The van der Waals surface area contributed by atoms with Crippen molar-refractivity contribution in [2.24, 2.45) is 0 Å². The zero-order valence-electron chi connectivity index (χ0n) is 17.7. The Morgan fingerprint density at radius 3 is 2.00 bits per heavy atom. The van der Waals surface area contributed by atoms with Crippen molar-refractivity contribution in [2.75, 3.05) is 0 Å². The van der Waals surface area contributed by atoms with Crippen molar-refractivity contribution >= 4 is 17.6 Å². The van der Waals surface area contributed by atoms with Gasteiger partial charge in [0.15, 0.2) is 5.78 Å². The first-order valence-electron chi connectivity index (χ1n) is 10.1. The molecule has 0 bridgehead atoms. The fourth-order valence-corrected chi connectivity index (χ4v) is 3.97. The van der Waals surface area contributed by atoms with Crippen LogP contribution in [0.4, 0.5) is 13.2 Å².